The molecule has 1 aromatic carbocycles. The van der Waals surface area contributed by atoms with Crippen molar-refractivity contribution in [2.75, 3.05) is 20.8 Å². The average molecular weight is 234 g/mol. The van der Waals surface area contributed by atoms with Crippen LogP contribution in [0.25, 0.3) is 0 Å². The number of carbonyl (C=O) groups is 1. The molecular weight excluding hydrogens is 220 g/mol. The van der Waals surface area contributed by atoms with E-state index in [-0.39, 0.29) is 12.5 Å². The minimum Gasteiger partial charge on any atom is -0.475 e. The summed E-state index contributed by atoms with van der Waals surface area (Å²) >= 11 is 0. The van der Waals surface area contributed by atoms with E-state index in [0.717, 1.165) is 10.6 Å². The first-order valence-electron chi connectivity index (χ1n) is 5.30. The number of nitrogens with zero attached hydrogens (tertiary/aromatic N) is 2. The van der Waals surface area contributed by atoms with Crippen LogP contribution in [0, 0.1) is 0 Å². The highest BCUT2D eigenvalue weighted by Crippen LogP contribution is 2.13. The Morgan fingerprint density at radius 3 is 2.82 bits per heavy atom. The van der Waals surface area contributed by atoms with Crippen molar-refractivity contribution in [3.63, 3.8) is 0 Å². The van der Waals surface area contributed by atoms with Crippen molar-refractivity contribution in [1.82, 2.24) is 5.06 Å². The van der Waals surface area contributed by atoms with Gasteiger partial charge in [-0.2, -0.15) is 0 Å². The molecule has 5 heteroatoms. The van der Waals surface area contributed by atoms with Crippen molar-refractivity contribution < 1.29 is 14.4 Å². The highest BCUT2D eigenvalue weighted by molar-refractivity contribution is 5.98. The molecule has 0 saturated carbocycles. The molecule has 17 heavy (non-hydrogen) atoms. The van der Waals surface area contributed by atoms with E-state index in [9.17, 15) is 4.79 Å². The van der Waals surface area contributed by atoms with E-state index >= 15 is 0 Å². The summed E-state index contributed by atoms with van der Waals surface area (Å²) in [7, 11) is 2.99. The van der Waals surface area contributed by atoms with Gasteiger partial charge in [-0.05, 0) is 12.1 Å². The standard InChI is InChI=1S/C12H14N2O3/c1-14(16-2)12(15)10-8-17-11(13-10)9-6-4-3-5-7-9/h3-7,10H,8H2,1-2H3. The van der Waals surface area contributed by atoms with Crippen LogP contribution >= 0.6 is 0 Å². The lowest BCUT2D eigenvalue weighted by atomic mass is 10.2. The highest BCUT2D eigenvalue weighted by atomic mass is 16.7. The molecule has 0 radical (unpaired) electrons. The first-order chi connectivity index (χ1) is 8.22. The van der Waals surface area contributed by atoms with E-state index in [2.05, 4.69) is 4.99 Å². The topological polar surface area (TPSA) is 51.1 Å². The summed E-state index contributed by atoms with van der Waals surface area (Å²) < 4.78 is 5.41. The molecule has 0 bridgehead atoms. The Bertz CT molecular complexity index is 431. The average Bonchev–Trinajstić information content (AvgIpc) is 2.87. The van der Waals surface area contributed by atoms with E-state index in [1.807, 2.05) is 30.3 Å². The SMILES string of the molecule is CON(C)C(=O)C1COC(c2ccccc2)=N1. The Kier molecular flexibility index (Phi) is 3.39. The molecule has 5 nitrogen and oxygen atoms in total. The Morgan fingerprint density at radius 1 is 1.47 bits per heavy atom. The number of amides is 1. The molecular formula is C12H14N2O3. The Morgan fingerprint density at radius 2 is 2.18 bits per heavy atom. The maximum atomic E-state index is 11.8. The Labute approximate surface area is 99.6 Å². The maximum Gasteiger partial charge on any atom is 0.274 e. The monoisotopic (exact) mass is 234 g/mol. The summed E-state index contributed by atoms with van der Waals surface area (Å²) in [4.78, 5) is 20.8. The smallest absolute Gasteiger partial charge is 0.274 e. The first-order valence-corrected chi connectivity index (χ1v) is 5.30. The Hall–Kier alpha value is -1.88. The Balaban J connectivity index is 2.12. The lowest BCUT2D eigenvalue weighted by molar-refractivity contribution is -0.170. The van der Waals surface area contributed by atoms with Crippen LogP contribution in [0.3, 0.4) is 0 Å². The van der Waals surface area contributed by atoms with E-state index in [1.165, 1.54) is 7.11 Å². The van der Waals surface area contributed by atoms with Crippen molar-refractivity contribution in [1.29, 1.82) is 0 Å². The van der Waals surface area contributed by atoms with Gasteiger partial charge in [0.1, 0.15) is 6.61 Å². The molecule has 0 saturated heterocycles. The highest BCUT2D eigenvalue weighted by Gasteiger charge is 2.28. The number of carbonyl (C=O) groups excluding carboxylic acids is 1. The molecule has 1 aromatic rings. The molecule has 0 aromatic heterocycles. The molecule has 1 atom stereocenters. The zero-order valence-corrected chi connectivity index (χ0v) is 9.79. The maximum absolute atomic E-state index is 11.8. The van der Waals surface area contributed by atoms with Crippen LogP contribution in [-0.4, -0.2) is 43.7 Å². The zero-order chi connectivity index (χ0) is 12.3. The second kappa shape index (κ2) is 4.97. The molecule has 0 aliphatic carbocycles. The summed E-state index contributed by atoms with van der Waals surface area (Å²) in [6, 6.07) is 8.99. The van der Waals surface area contributed by atoms with Crippen molar-refractivity contribution in [3.8, 4) is 0 Å². The van der Waals surface area contributed by atoms with Crippen molar-refractivity contribution in [2.24, 2.45) is 4.99 Å². The molecule has 0 spiro atoms. The van der Waals surface area contributed by atoms with Crippen LogP contribution in [0.15, 0.2) is 35.3 Å². The third-order valence-electron chi connectivity index (χ3n) is 2.54. The number of aliphatic imine (C=N–C) groups is 1. The van der Waals surface area contributed by atoms with Crippen LogP contribution in [0.1, 0.15) is 5.56 Å². The molecule has 0 N–H and O–H groups in total. The van der Waals surface area contributed by atoms with Gasteiger partial charge in [-0.15, -0.1) is 0 Å². The fourth-order valence-electron chi connectivity index (χ4n) is 1.54. The molecule has 1 aliphatic heterocycles. The van der Waals surface area contributed by atoms with Crippen LogP contribution < -0.4 is 0 Å². The second-order valence-corrected chi connectivity index (χ2v) is 3.65. The quantitative estimate of drug-likeness (QED) is 0.729. The van der Waals surface area contributed by atoms with Crippen LogP contribution in [-0.2, 0) is 14.4 Å². The summed E-state index contributed by atoms with van der Waals surface area (Å²) in [6.45, 7) is 0.261. The molecule has 1 heterocycles. The van der Waals surface area contributed by atoms with Gasteiger partial charge in [0.25, 0.3) is 5.91 Å². The largest absolute Gasteiger partial charge is 0.475 e. The van der Waals surface area contributed by atoms with Gasteiger partial charge < -0.3 is 4.74 Å². The molecule has 0 fully saturated rings. The van der Waals surface area contributed by atoms with E-state index in [0.29, 0.717) is 5.90 Å². The lowest BCUT2D eigenvalue weighted by Gasteiger charge is -2.15. The number of hydroxylamine groups is 2. The van der Waals surface area contributed by atoms with Gasteiger partial charge in [0.2, 0.25) is 5.90 Å². The third-order valence-corrected chi connectivity index (χ3v) is 2.54. The van der Waals surface area contributed by atoms with E-state index in [1.54, 1.807) is 7.05 Å². The van der Waals surface area contributed by atoms with Crippen molar-refractivity contribution in [2.45, 2.75) is 6.04 Å². The van der Waals surface area contributed by atoms with Gasteiger partial charge in [0, 0.05) is 12.6 Å². The first kappa shape index (κ1) is 11.6. The van der Waals surface area contributed by atoms with Crippen molar-refractivity contribution >= 4 is 11.8 Å². The van der Waals surface area contributed by atoms with Gasteiger partial charge in [0.15, 0.2) is 6.04 Å². The zero-order valence-electron chi connectivity index (χ0n) is 9.79. The number of hydrogen-bond acceptors (Lipinski definition) is 4. The molecule has 90 valence electrons. The lowest BCUT2D eigenvalue weighted by Crippen LogP contribution is -2.35. The van der Waals surface area contributed by atoms with Gasteiger partial charge in [0.05, 0.1) is 7.11 Å². The molecule has 1 aliphatic rings. The number of benzene rings is 1. The third kappa shape index (κ3) is 2.45. The summed E-state index contributed by atoms with van der Waals surface area (Å²) in [5.74, 6) is 0.298. The second-order valence-electron chi connectivity index (χ2n) is 3.65. The van der Waals surface area contributed by atoms with E-state index in [4.69, 9.17) is 9.57 Å². The molecule has 1 amide bonds. The fourth-order valence-corrected chi connectivity index (χ4v) is 1.54. The summed E-state index contributed by atoms with van der Waals surface area (Å²) in [5, 5.41) is 1.16. The normalized spacial score (nSPS) is 18.5. The predicted molar refractivity (Wildman–Crippen MR) is 62.5 cm³/mol. The summed E-state index contributed by atoms with van der Waals surface area (Å²) in [6.07, 6.45) is 0. The van der Waals surface area contributed by atoms with Gasteiger partial charge in [-0.1, -0.05) is 18.2 Å². The van der Waals surface area contributed by atoms with Crippen LogP contribution in [0.2, 0.25) is 0 Å². The van der Waals surface area contributed by atoms with E-state index < -0.39 is 6.04 Å². The fraction of sp³-hybridized carbons (Fsp3) is 0.333. The number of rotatable bonds is 3. The molecule has 1 unspecified atom stereocenters. The number of likely N-dealkylation sites (N-methyl/N-ethyl adjacent to an activating group) is 1. The summed E-state index contributed by atoms with van der Waals surface area (Å²) in [5.41, 5.74) is 0.878. The van der Waals surface area contributed by atoms with Gasteiger partial charge in [-0.3, -0.25) is 9.63 Å². The minimum absolute atomic E-state index is 0.210. The van der Waals surface area contributed by atoms with Gasteiger partial charge in [-0.25, -0.2) is 10.1 Å². The van der Waals surface area contributed by atoms with Crippen LogP contribution in [0.5, 0.6) is 0 Å². The minimum atomic E-state index is -0.518. The number of hydrogen-bond donors (Lipinski definition) is 0. The van der Waals surface area contributed by atoms with Crippen LogP contribution in [0.4, 0.5) is 0 Å². The van der Waals surface area contributed by atoms with Crippen molar-refractivity contribution in [3.05, 3.63) is 35.9 Å². The number of ether oxygens (including phenoxy) is 1. The van der Waals surface area contributed by atoms with Gasteiger partial charge >= 0.3 is 0 Å². The predicted octanol–water partition coefficient (Wildman–Crippen LogP) is 0.852. The molecule has 2 rings (SSSR count).